The molecule has 0 amide bonds. The number of nitrogens with one attached hydrogen (secondary N) is 1. The van der Waals surface area contributed by atoms with Crippen molar-refractivity contribution in [2.45, 2.75) is 58.0 Å². The highest BCUT2D eigenvalue weighted by Crippen LogP contribution is 2.32. The van der Waals surface area contributed by atoms with E-state index in [2.05, 4.69) is 24.2 Å². The monoisotopic (exact) mass is 267 g/mol. The van der Waals surface area contributed by atoms with Crippen molar-refractivity contribution < 1.29 is 0 Å². The smallest absolute Gasteiger partial charge is 0.185 e. The summed E-state index contributed by atoms with van der Waals surface area (Å²) in [6.07, 6.45) is 7.71. The van der Waals surface area contributed by atoms with E-state index in [1.165, 1.54) is 47.8 Å². The summed E-state index contributed by atoms with van der Waals surface area (Å²) in [6, 6.07) is 0.716. The lowest BCUT2D eigenvalue weighted by Gasteiger charge is -2.23. The Morgan fingerprint density at radius 1 is 1.39 bits per heavy atom. The summed E-state index contributed by atoms with van der Waals surface area (Å²) >= 11 is 1.87. The van der Waals surface area contributed by atoms with Gasteiger partial charge in [0.25, 0.3) is 0 Å². The number of anilines is 1. The average molecular weight is 267 g/mol. The van der Waals surface area contributed by atoms with Crippen LogP contribution in [-0.2, 0) is 13.0 Å². The summed E-state index contributed by atoms with van der Waals surface area (Å²) in [5, 5.41) is 4.47. The van der Waals surface area contributed by atoms with Gasteiger partial charge in [0.15, 0.2) is 5.13 Å². The minimum atomic E-state index is 0.716. The quantitative estimate of drug-likeness (QED) is 0.858. The topological polar surface area (TPSA) is 28.2 Å². The number of aryl methyl sites for hydroxylation is 1. The van der Waals surface area contributed by atoms with E-state index in [1.807, 2.05) is 18.4 Å². The first kappa shape index (κ1) is 13.8. The lowest BCUT2D eigenvalue weighted by molar-refractivity contribution is 0.650. The van der Waals surface area contributed by atoms with E-state index >= 15 is 0 Å². The van der Waals surface area contributed by atoms with Gasteiger partial charge in [-0.05, 0) is 26.3 Å². The van der Waals surface area contributed by atoms with Crippen LogP contribution in [0, 0.1) is 0 Å². The third-order valence-corrected chi connectivity index (χ3v) is 4.95. The van der Waals surface area contributed by atoms with Gasteiger partial charge >= 0.3 is 0 Å². The highest BCUT2D eigenvalue weighted by molar-refractivity contribution is 7.15. The van der Waals surface area contributed by atoms with Gasteiger partial charge in [-0.25, -0.2) is 4.98 Å². The first-order valence-corrected chi connectivity index (χ1v) is 7.94. The zero-order valence-corrected chi connectivity index (χ0v) is 12.6. The molecule has 1 aromatic rings. The van der Waals surface area contributed by atoms with Crippen molar-refractivity contribution in [3.8, 4) is 0 Å². The van der Waals surface area contributed by atoms with Crippen molar-refractivity contribution in [2.75, 3.05) is 19.0 Å². The zero-order valence-electron chi connectivity index (χ0n) is 11.8. The van der Waals surface area contributed by atoms with Gasteiger partial charge in [0.05, 0.1) is 5.69 Å². The van der Waals surface area contributed by atoms with Crippen LogP contribution < -0.4 is 10.2 Å². The van der Waals surface area contributed by atoms with Gasteiger partial charge in [0, 0.05) is 24.5 Å². The van der Waals surface area contributed by atoms with Crippen LogP contribution in [0.15, 0.2) is 0 Å². The predicted octanol–water partition coefficient (Wildman–Crippen LogP) is 3.19. The molecule has 0 bridgehead atoms. The van der Waals surface area contributed by atoms with E-state index in [9.17, 15) is 0 Å². The Hall–Kier alpha value is -0.610. The van der Waals surface area contributed by atoms with Crippen LogP contribution in [0.5, 0.6) is 0 Å². The summed E-state index contributed by atoms with van der Waals surface area (Å²) in [4.78, 5) is 8.70. The van der Waals surface area contributed by atoms with E-state index in [1.54, 1.807) is 0 Å². The summed E-state index contributed by atoms with van der Waals surface area (Å²) in [5.74, 6) is 0. The Balaban J connectivity index is 2.13. The molecule has 0 aliphatic heterocycles. The number of thiazole rings is 1. The van der Waals surface area contributed by atoms with Crippen molar-refractivity contribution in [2.24, 2.45) is 0 Å². The summed E-state index contributed by atoms with van der Waals surface area (Å²) in [7, 11) is 4.23. The SMILES string of the molecule is CCCc1nc(N(C)C2CCCC2)sc1CNC. The Morgan fingerprint density at radius 3 is 2.72 bits per heavy atom. The van der Waals surface area contributed by atoms with Gasteiger partial charge in [-0.3, -0.25) is 0 Å². The van der Waals surface area contributed by atoms with Crippen LogP contribution in [0.25, 0.3) is 0 Å². The summed E-state index contributed by atoms with van der Waals surface area (Å²) in [5.41, 5.74) is 1.30. The molecule has 2 rings (SSSR count). The van der Waals surface area contributed by atoms with Crippen LogP contribution in [-0.4, -0.2) is 25.1 Å². The maximum absolute atomic E-state index is 4.87. The molecule has 1 heterocycles. The molecule has 3 nitrogen and oxygen atoms in total. The molecule has 1 aliphatic rings. The molecule has 0 unspecified atom stereocenters. The molecule has 0 radical (unpaired) electrons. The lowest BCUT2D eigenvalue weighted by atomic mass is 10.2. The van der Waals surface area contributed by atoms with E-state index in [0.717, 1.165) is 13.0 Å². The standard InChI is InChI=1S/C14H25N3S/c1-4-7-12-13(10-15-2)18-14(16-12)17(3)11-8-5-6-9-11/h11,15H,4-10H2,1-3H3. The molecule has 0 atom stereocenters. The van der Waals surface area contributed by atoms with Gasteiger partial charge in [0.2, 0.25) is 0 Å². The third kappa shape index (κ3) is 3.04. The van der Waals surface area contributed by atoms with Crippen molar-refractivity contribution in [3.63, 3.8) is 0 Å². The Bertz CT molecular complexity index is 346. The van der Waals surface area contributed by atoms with Crippen LogP contribution >= 0.6 is 11.3 Å². The Kier molecular flexibility index (Phi) is 5.01. The van der Waals surface area contributed by atoms with E-state index < -0.39 is 0 Å². The van der Waals surface area contributed by atoms with Crippen molar-refractivity contribution in [3.05, 3.63) is 10.6 Å². The highest BCUT2D eigenvalue weighted by Gasteiger charge is 2.23. The van der Waals surface area contributed by atoms with Crippen molar-refractivity contribution in [1.29, 1.82) is 0 Å². The molecular formula is C14H25N3S. The first-order valence-electron chi connectivity index (χ1n) is 7.12. The second-order valence-electron chi connectivity index (χ2n) is 5.20. The molecule has 1 N–H and O–H groups in total. The Labute approximate surface area is 115 Å². The maximum atomic E-state index is 4.87. The normalized spacial score (nSPS) is 16.4. The maximum Gasteiger partial charge on any atom is 0.185 e. The molecule has 0 spiro atoms. The molecule has 1 aliphatic carbocycles. The van der Waals surface area contributed by atoms with Gasteiger partial charge < -0.3 is 10.2 Å². The highest BCUT2D eigenvalue weighted by atomic mass is 32.1. The molecule has 1 aromatic heterocycles. The van der Waals surface area contributed by atoms with Crippen LogP contribution in [0.1, 0.15) is 49.6 Å². The minimum Gasteiger partial charge on any atom is -0.348 e. The summed E-state index contributed by atoms with van der Waals surface area (Å²) < 4.78 is 0. The molecule has 102 valence electrons. The number of hydrogen-bond donors (Lipinski definition) is 1. The molecule has 1 saturated carbocycles. The van der Waals surface area contributed by atoms with E-state index in [-0.39, 0.29) is 0 Å². The van der Waals surface area contributed by atoms with Crippen LogP contribution in [0.3, 0.4) is 0 Å². The largest absolute Gasteiger partial charge is 0.348 e. The van der Waals surface area contributed by atoms with Gasteiger partial charge in [-0.1, -0.05) is 26.2 Å². The van der Waals surface area contributed by atoms with E-state index in [0.29, 0.717) is 6.04 Å². The molecule has 0 aromatic carbocycles. The third-order valence-electron chi connectivity index (χ3n) is 3.77. The number of nitrogens with zero attached hydrogens (tertiary/aromatic N) is 2. The van der Waals surface area contributed by atoms with Gasteiger partial charge in [0.1, 0.15) is 0 Å². The van der Waals surface area contributed by atoms with Crippen LogP contribution in [0.4, 0.5) is 5.13 Å². The first-order chi connectivity index (χ1) is 8.76. The average Bonchev–Trinajstić information content (AvgIpc) is 2.99. The van der Waals surface area contributed by atoms with Crippen LogP contribution in [0.2, 0.25) is 0 Å². The van der Waals surface area contributed by atoms with Crippen molar-refractivity contribution >= 4 is 16.5 Å². The molecule has 1 fully saturated rings. The number of hydrogen-bond acceptors (Lipinski definition) is 4. The second-order valence-corrected chi connectivity index (χ2v) is 6.26. The van der Waals surface area contributed by atoms with E-state index in [4.69, 9.17) is 4.98 Å². The fourth-order valence-electron chi connectivity index (χ4n) is 2.70. The Morgan fingerprint density at radius 2 is 2.11 bits per heavy atom. The minimum absolute atomic E-state index is 0.716. The molecule has 18 heavy (non-hydrogen) atoms. The lowest BCUT2D eigenvalue weighted by Crippen LogP contribution is -2.28. The second kappa shape index (κ2) is 6.53. The van der Waals surface area contributed by atoms with Crippen molar-refractivity contribution in [1.82, 2.24) is 10.3 Å². The number of rotatable bonds is 6. The molecular weight excluding hydrogens is 242 g/mol. The molecule has 4 heteroatoms. The van der Waals surface area contributed by atoms with Gasteiger partial charge in [-0.15, -0.1) is 11.3 Å². The predicted molar refractivity (Wildman–Crippen MR) is 79.5 cm³/mol. The number of aromatic nitrogens is 1. The summed E-state index contributed by atoms with van der Waals surface area (Å²) in [6.45, 7) is 3.17. The van der Waals surface area contributed by atoms with Gasteiger partial charge in [-0.2, -0.15) is 0 Å². The fraction of sp³-hybridized carbons (Fsp3) is 0.786. The fourth-order valence-corrected chi connectivity index (χ4v) is 3.85. The molecule has 0 saturated heterocycles. The zero-order chi connectivity index (χ0) is 13.0.